The molecule has 2 amide bonds. The van der Waals surface area contributed by atoms with Crippen molar-refractivity contribution in [2.45, 2.75) is 20.4 Å². The molecule has 0 saturated heterocycles. The molecule has 38 heavy (non-hydrogen) atoms. The molecule has 0 spiro atoms. The Labute approximate surface area is 230 Å². The van der Waals surface area contributed by atoms with Crippen LogP contribution in [0.5, 0.6) is 0 Å². The number of rotatable bonds is 8. The highest BCUT2D eigenvalue weighted by Gasteiger charge is 2.26. The molecule has 3 aromatic carbocycles. The summed E-state index contributed by atoms with van der Waals surface area (Å²) in [6.45, 7) is 3.21. The van der Waals surface area contributed by atoms with E-state index in [4.69, 9.17) is 28.2 Å². The Morgan fingerprint density at radius 3 is 2.39 bits per heavy atom. The maximum atomic E-state index is 13.1. The first-order valence-electron chi connectivity index (χ1n) is 11.9. The monoisotopic (exact) mass is 551 g/mol. The lowest BCUT2D eigenvalue weighted by molar-refractivity contribution is -0.131. The average molecular weight is 552 g/mol. The smallest absolute Gasteiger partial charge is 0.257 e. The predicted octanol–water partition coefficient (Wildman–Crippen LogP) is 5.53. The van der Waals surface area contributed by atoms with Gasteiger partial charge in [0.2, 0.25) is 5.91 Å². The van der Waals surface area contributed by atoms with E-state index in [2.05, 4.69) is 20.9 Å². The first-order valence-corrected chi connectivity index (χ1v) is 12.6. The van der Waals surface area contributed by atoms with E-state index in [0.717, 1.165) is 10.9 Å². The second-order valence-electron chi connectivity index (χ2n) is 9.38. The number of nitrogens with zero attached hydrogens (tertiary/aromatic N) is 2. The van der Waals surface area contributed by atoms with Crippen LogP contribution in [0.2, 0.25) is 10.0 Å². The number of nitrogens with one attached hydrogen (secondary N) is 3. The fourth-order valence-electron chi connectivity index (χ4n) is 3.67. The summed E-state index contributed by atoms with van der Waals surface area (Å²) in [5.41, 5.74) is 2.03. The van der Waals surface area contributed by atoms with Crippen molar-refractivity contribution >= 4 is 57.4 Å². The Hall–Kier alpha value is -3.72. The lowest BCUT2D eigenvalue weighted by Gasteiger charge is -2.20. The Morgan fingerprint density at radius 2 is 1.71 bits per heavy atom. The molecule has 10 heteroatoms. The number of amides is 2. The van der Waals surface area contributed by atoms with Gasteiger partial charge in [-0.15, -0.1) is 0 Å². The van der Waals surface area contributed by atoms with E-state index in [1.54, 1.807) is 63.4 Å². The topological polar surface area (TPSA) is 116 Å². The summed E-state index contributed by atoms with van der Waals surface area (Å²) in [7, 11) is 1.78. The van der Waals surface area contributed by atoms with Crippen LogP contribution >= 0.6 is 23.2 Å². The minimum absolute atomic E-state index is 0.187. The van der Waals surface area contributed by atoms with Gasteiger partial charge in [0.1, 0.15) is 5.82 Å². The minimum atomic E-state index is -0.910. The summed E-state index contributed by atoms with van der Waals surface area (Å²) < 4.78 is 0. The van der Waals surface area contributed by atoms with E-state index in [0.29, 0.717) is 33.4 Å². The average Bonchev–Trinajstić information content (AvgIpc) is 2.91. The zero-order chi connectivity index (χ0) is 27.4. The van der Waals surface area contributed by atoms with E-state index in [9.17, 15) is 14.7 Å². The van der Waals surface area contributed by atoms with Crippen LogP contribution in [0.4, 0.5) is 11.5 Å². The molecule has 0 fully saturated rings. The summed E-state index contributed by atoms with van der Waals surface area (Å²) in [6, 6.07) is 17.6. The molecule has 0 aliphatic heterocycles. The number of fused-ring (bicyclic) bond motifs is 1. The summed E-state index contributed by atoms with van der Waals surface area (Å²) in [5, 5.41) is 19.8. The van der Waals surface area contributed by atoms with Gasteiger partial charge in [-0.05, 0) is 74.0 Å². The fourth-order valence-corrected chi connectivity index (χ4v) is 4.00. The summed E-state index contributed by atoms with van der Waals surface area (Å²) in [6.07, 6.45) is 0. The van der Waals surface area contributed by atoms with Crippen LogP contribution in [0.1, 0.15) is 29.8 Å². The highest BCUT2D eigenvalue weighted by Crippen LogP contribution is 2.28. The maximum absolute atomic E-state index is 13.1. The molecule has 0 radical (unpaired) electrons. The molecule has 1 aromatic heterocycles. The van der Waals surface area contributed by atoms with Crippen LogP contribution in [0.25, 0.3) is 22.3 Å². The Morgan fingerprint density at radius 1 is 0.974 bits per heavy atom. The number of aliphatic hydroxyl groups is 1. The van der Waals surface area contributed by atoms with Gasteiger partial charge in [0.25, 0.3) is 5.91 Å². The number of benzene rings is 3. The van der Waals surface area contributed by atoms with Crippen LogP contribution in [0.15, 0.2) is 60.7 Å². The number of aliphatic hydroxyl groups excluding tert-OH is 1. The predicted molar refractivity (Wildman–Crippen MR) is 152 cm³/mol. The van der Waals surface area contributed by atoms with Gasteiger partial charge in [0.05, 0.1) is 28.1 Å². The van der Waals surface area contributed by atoms with Gasteiger partial charge < -0.3 is 21.1 Å². The van der Waals surface area contributed by atoms with Gasteiger partial charge >= 0.3 is 0 Å². The second-order valence-corrected chi connectivity index (χ2v) is 10.2. The van der Waals surface area contributed by atoms with E-state index < -0.39 is 11.3 Å². The van der Waals surface area contributed by atoms with Gasteiger partial charge in [-0.2, -0.15) is 0 Å². The molecule has 0 unspecified atom stereocenters. The van der Waals surface area contributed by atoms with Gasteiger partial charge in [0, 0.05) is 35.3 Å². The van der Waals surface area contributed by atoms with Crippen LogP contribution in [-0.2, 0) is 11.3 Å². The van der Waals surface area contributed by atoms with Crippen LogP contribution < -0.4 is 16.0 Å². The van der Waals surface area contributed by atoms with Crippen LogP contribution in [0.3, 0.4) is 0 Å². The zero-order valence-electron chi connectivity index (χ0n) is 21.1. The van der Waals surface area contributed by atoms with Crippen molar-refractivity contribution < 1.29 is 14.7 Å². The quantitative estimate of drug-likeness (QED) is 0.228. The van der Waals surface area contributed by atoms with Gasteiger partial charge in [-0.3, -0.25) is 9.59 Å². The Balaban J connectivity index is 1.58. The summed E-state index contributed by atoms with van der Waals surface area (Å²) >= 11 is 12.3. The van der Waals surface area contributed by atoms with Gasteiger partial charge in [0.15, 0.2) is 5.82 Å². The number of anilines is 2. The molecule has 0 aliphatic rings. The van der Waals surface area contributed by atoms with Crippen molar-refractivity contribution in [1.82, 2.24) is 15.3 Å². The van der Waals surface area contributed by atoms with Gasteiger partial charge in [-0.25, -0.2) is 9.97 Å². The first-order chi connectivity index (χ1) is 18.1. The van der Waals surface area contributed by atoms with Crippen LogP contribution in [-0.4, -0.2) is 40.5 Å². The van der Waals surface area contributed by atoms with E-state index >= 15 is 0 Å². The molecule has 0 atom stereocenters. The lowest BCUT2D eigenvalue weighted by atomic mass is 9.93. The number of halogens is 2. The molecule has 4 N–H and O–H groups in total. The van der Waals surface area contributed by atoms with Crippen molar-refractivity contribution in [3.8, 4) is 11.4 Å². The summed E-state index contributed by atoms with van der Waals surface area (Å²) in [5.74, 6) is 0.473. The third kappa shape index (κ3) is 6.05. The molecule has 4 aromatic rings. The number of hydrogen-bond acceptors (Lipinski definition) is 6. The highest BCUT2D eigenvalue weighted by molar-refractivity contribution is 6.34. The molecular formula is C28H27Cl2N5O3. The lowest BCUT2D eigenvalue weighted by Crippen LogP contribution is -2.38. The normalized spacial score (nSPS) is 11.3. The van der Waals surface area contributed by atoms with E-state index in [-0.39, 0.29) is 29.6 Å². The number of hydrogen-bond donors (Lipinski definition) is 4. The number of carbonyl (C=O) groups excluding carboxylic acids is 2. The molecule has 0 aliphatic carbocycles. The van der Waals surface area contributed by atoms with Crippen molar-refractivity contribution in [3.05, 3.63) is 81.8 Å². The fraction of sp³-hybridized carbons (Fsp3) is 0.214. The van der Waals surface area contributed by atoms with Crippen LogP contribution in [0, 0.1) is 5.41 Å². The van der Waals surface area contributed by atoms with E-state index in [1.165, 1.54) is 0 Å². The Kier molecular flexibility index (Phi) is 8.16. The minimum Gasteiger partial charge on any atom is -0.395 e. The zero-order valence-corrected chi connectivity index (χ0v) is 22.6. The van der Waals surface area contributed by atoms with E-state index in [1.807, 2.05) is 18.2 Å². The molecule has 0 bridgehead atoms. The van der Waals surface area contributed by atoms with Gasteiger partial charge in [-0.1, -0.05) is 29.3 Å². The largest absolute Gasteiger partial charge is 0.395 e. The molecule has 196 valence electrons. The second kappa shape index (κ2) is 11.3. The van der Waals surface area contributed by atoms with Crippen molar-refractivity contribution in [2.75, 3.05) is 24.3 Å². The SMILES string of the molecule is CNc1nc(-c2ccc(Cl)cc2)nc2cc(NC(=O)c3cc(CNC(=O)C(C)(C)CO)ccc3Cl)ccc12. The van der Waals surface area contributed by atoms with Crippen molar-refractivity contribution in [2.24, 2.45) is 5.41 Å². The molecular weight excluding hydrogens is 525 g/mol. The third-order valence-electron chi connectivity index (χ3n) is 6.03. The maximum Gasteiger partial charge on any atom is 0.257 e. The van der Waals surface area contributed by atoms with Crippen molar-refractivity contribution in [3.63, 3.8) is 0 Å². The molecule has 4 rings (SSSR count). The summed E-state index contributed by atoms with van der Waals surface area (Å²) in [4.78, 5) is 34.7. The standard InChI is InChI=1S/C28H27Cl2N5O3/c1-28(2,15-36)27(38)32-14-16-4-11-22(30)21(12-16)26(37)33-19-9-10-20-23(13-19)34-24(35-25(20)31-3)17-5-7-18(29)8-6-17/h4-13,36H,14-15H2,1-3H3,(H,32,38)(H,33,37)(H,31,34,35). The number of aromatic nitrogens is 2. The third-order valence-corrected chi connectivity index (χ3v) is 6.61. The molecule has 8 nitrogen and oxygen atoms in total. The Bertz CT molecular complexity index is 1510. The first kappa shape index (κ1) is 27.3. The molecule has 0 saturated carbocycles. The highest BCUT2D eigenvalue weighted by atomic mass is 35.5. The molecule has 1 heterocycles. The number of carbonyl (C=O) groups is 2. The van der Waals surface area contributed by atoms with Crippen molar-refractivity contribution in [1.29, 1.82) is 0 Å².